The summed E-state index contributed by atoms with van der Waals surface area (Å²) in [6.45, 7) is 7.71. The molecule has 0 aliphatic carbocycles. The van der Waals surface area contributed by atoms with E-state index in [1.165, 1.54) is 5.56 Å². The standard InChI is InChI=1S/C25H31N3O3/c1-4-31-21-13-9-8-12-20(21)26-24(30)27-16-14-25(15-17-27)22(19-10-6-5-7-11-19)28(18(2)3)23(25)29/h5-13,18,22H,4,14-17H2,1-3H3,(H,26,30). The Kier molecular flexibility index (Phi) is 5.90. The van der Waals surface area contributed by atoms with Gasteiger partial charge in [-0.05, 0) is 51.3 Å². The molecule has 31 heavy (non-hydrogen) atoms. The van der Waals surface area contributed by atoms with Gasteiger partial charge in [0.15, 0.2) is 0 Å². The van der Waals surface area contributed by atoms with Gasteiger partial charge in [0.25, 0.3) is 0 Å². The van der Waals surface area contributed by atoms with Crippen molar-refractivity contribution in [2.45, 2.75) is 45.7 Å². The van der Waals surface area contributed by atoms with E-state index in [4.69, 9.17) is 4.74 Å². The van der Waals surface area contributed by atoms with Crippen molar-refractivity contribution >= 4 is 17.6 Å². The first-order valence-corrected chi connectivity index (χ1v) is 11.1. The van der Waals surface area contributed by atoms with Gasteiger partial charge in [-0.2, -0.15) is 0 Å². The third-order valence-electron chi connectivity index (χ3n) is 6.51. The molecule has 0 aromatic heterocycles. The summed E-state index contributed by atoms with van der Waals surface area (Å²) in [5, 5.41) is 2.98. The van der Waals surface area contributed by atoms with Crippen molar-refractivity contribution in [1.29, 1.82) is 0 Å². The number of hydrogen-bond donors (Lipinski definition) is 1. The molecule has 6 heteroatoms. The summed E-state index contributed by atoms with van der Waals surface area (Å²) in [6, 6.07) is 17.8. The van der Waals surface area contributed by atoms with Crippen LogP contribution in [0.2, 0.25) is 0 Å². The molecular formula is C25H31N3O3. The van der Waals surface area contributed by atoms with E-state index in [-0.39, 0.29) is 24.0 Å². The Morgan fingerprint density at radius 2 is 1.74 bits per heavy atom. The molecule has 3 amide bonds. The average Bonchev–Trinajstić information content (AvgIpc) is 2.78. The first kappa shape index (κ1) is 21.2. The van der Waals surface area contributed by atoms with Crippen LogP contribution in [0.15, 0.2) is 54.6 Å². The number of likely N-dealkylation sites (tertiary alicyclic amines) is 2. The maximum atomic E-state index is 13.2. The van der Waals surface area contributed by atoms with E-state index < -0.39 is 5.41 Å². The number of amides is 3. The zero-order chi connectivity index (χ0) is 22.0. The molecule has 2 aliphatic heterocycles. The van der Waals surface area contributed by atoms with Gasteiger partial charge < -0.3 is 19.9 Å². The minimum absolute atomic E-state index is 0.0742. The second-order valence-electron chi connectivity index (χ2n) is 8.62. The summed E-state index contributed by atoms with van der Waals surface area (Å²) >= 11 is 0. The number of para-hydroxylation sites is 2. The number of urea groups is 1. The second-order valence-corrected chi connectivity index (χ2v) is 8.62. The predicted octanol–water partition coefficient (Wildman–Crippen LogP) is 4.69. The molecular weight excluding hydrogens is 390 g/mol. The molecule has 0 saturated carbocycles. The molecule has 2 saturated heterocycles. The van der Waals surface area contributed by atoms with E-state index in [9.17, 15) is 9.59 Å². The number of piperidine rings is 1. The van der Waals surface area contributed by atoms with Crippen molar-refractivity contribution in [3.63, 3.8) is 0 Å². The van der Waals surface area contributed by atoms with Crippen LogP contribution in [-0.2, 0) is 4.79 Å². The van der Waals surface area contributed by atoms with Gasteiger partial charge in [0.2, 0.25) is 5.91 Å². The fourth-order valence-corrected chi connectivity index (χ4v) is 4.98. The first-order chi connectivity index (χ1) is 15.0. The van der Waals surface area contributed by atoms with Crippen molar-refractivity contribution in [3.8, 4) is 5.75 Å². The predicted molar refractivity (Wildman–Crippen MR) is 121 cm³/mol. The van der Waals surface area contributed by atoms with E-state index in [2.05, 4.69) is 31.3 Å². The Hall–Kier alpha value is -3.02. The highest BCUT2D eigenvalue weighted by atomic mass is 16.5. The summed E-state index contributed by atoms with van der Waals surface area (Å²) in [4.78, 5) is 30.0. The van der Waals surface area contributed by atoms with Crippen LogP contribution < -0.4 is 10.1 Å². The fraction of sp³-hybridized carbons (Fsp3) is 0.440. The lowest BCUT2D eigenvalue weighted by molar-refractivity contribution is -0.184. The number of rotatable bonds is 5. The van der Waals surface area contributed by atoms with Gasteiger partial charge in [-0.3, -0.25) is 4.79 Å². The highest BCUT2D eigenvalue weighted by Gasteiger charge is 2.62. The van der Waals surface area contributed by atoms with Gasteiger partial charge in [0, 0.05) is 19.1 Å². The molecule has 1 N–H and O–H groups in total. The molecule has 2 aromatic carbocycles. The van der Waals surface area contributed by atoms with Crippen molar-refractivity contribution in [3.05, 3.63) is 60.2 Å². The lowest BCUT2D eigenvalue weighted by Gasteiger charge is -2.60. The van der Waals surface area contributed by atoms with E-state index in [1.807, 2.05) is 54.3 Å². The second kappa shape index (κ2) is 8.61. The van der Waals surface area contributed by atoms with Crippen LogP contribution in [0, 0.1) is 5.41 Å². The van der Waals surface area contributed by atoms with Gasteiger partial charge >= 0.3 is 6.03 Å². The molecule has 1 unspecified atom stereocenters. The Morgan fingerprint density at radius 1 is 1.10 bits per heavy atom. The number of β-lactam (4-membered cyclic amide) rings is 1. The van der Waals surface area contributed by atoms with E-state index >= 15 is 0 Å². The van der Waals surface area contributed by atoms with Crippen LogP contribution >= 0.6 is 0 Å². The third-order valence-corrected chi connectivity index (χ3v) is 6.51. The van der Waals surface area contributed by atoms with E-state index in [0.717, 1.165) is 0 Å². The summed E-state index contributed by atoms with van der Waals surface area (Å²) in [5.74, 6) is 0.885. The lowest BCUT2D eigenvalue weighted by atomic mass is 9.62. The molecule has 1 spiro atoms. The number of anilines is 1. The van der Waals surface area contributed by atoms with Crippen molar-refractivity contribution in [2.24, 2.45) is 5.41 Å². The maximum Gasteiger partial charge on any atom is 0.321 e. The summed E-state index contributed by atoms with van der Waals surface area (Å²) in [6.07, 6.45) is 1.35. The number of hydrogen-bond acceptors (Lipinski definition) is 3. The third kappa shape index (κ3) is 3.75. The zero-order valence-corrected chi connectivity index (χ0v) is 18.5. The Bertz CT molecular complexity index is 936. The Balaban J connectivity index is 1.47. The molecule has 164 valence electrons. The number of ether oxygens (including phenoxy) is 1. The normalized spacial score (nSPS) is 20.0. The Labute approximate surface area is 184 Å². The lowest BCUT2D eigenvalue weighted by Crippen LogP contribution is -2.68. The Morgan fingerprint density at radius 3 is 2.39 bits per heavy atom. The first-order valence-electron chi connectivity index (χ1n) is 11.1. The molecule has 0 bridgehead atoms. The van der Waals surface area contributed by atoms with E-state index in [1.54, 1.807) is 4.90 Å². The number of carbonyl (C=O) groups excluding carboxylic acids is 2. The maximum absolute atomic E-state index is 13.2. The molecule has 6 nitrogen and oxygen atoms in total. The van der Waals surface area contributed by atoms with Crippen molar-refractivity contribution < 1.29 is 14.3 Å². The number of nitrogens with zero attached hydrogens (tertiary/aromatic N) is 2. The molecule has 4 rings (SSSR count). The highest BCUT2D eigenvalue weighted by Crippen LogP contribution is 2.56. The van der Waals surface area contributed by atoms with Gasteiger partial charge in [-0.25, -0.2) is 4.79 Å². The minimum Gasteiger partial charge on any atom is -0.492 e. The molecule has 2 aromatic rings. The van der Waals surface area contributed by atoms with Crippen LogP contribution in [-0.4, -0.2) is 47.5 Å². The minimum atomic E-state index is -0.411. The summed E-state index contributed by atoms with van der Waals surface area (Å²) < 4.78 is 5.61. The molecule has 2 heterocycles. The van der Waals surface area contributed by atoms with Crippen molar-refractivity contribution in [2.75, 3.05) is 25.0 Å². The topological polar surface area (TPSA) is 61.9 Å². The summed E-state index contributed by atoms with van der Waals surface area (Å²) in [7, 11) is 0. The van der Waals surface area contributed by atoms with Gasteiger partial charge in [0.05, 0.1) is 23.8 Å². The quantitative estimate of drug-likeness (QED) is 0.713. The molecule has 1 atom stereocenters. The molecule has 2 aliphatic rings. The van der Waals surface area contributed by atoms with Crippen molar-refractivity contribution in [1.82, 2.24) is 9.80 Å². The monoisotopic (exact) mass is 421 g/mol. The average molecular weight is 422 g/mol. The SMILES string of the molecule is CCOc1ccccc1NC(=O)N1CCC2(CC1)C(=O)N(C(C)C)C2c1ccccc1. The zero-order valence-electron chi connectivity index (χ0n) is 18.5. The highest BCUT2D eigenvalue weighted by molar-refractivity contribution is 5.93. The van der Waals surface area contributed by atoms with E-state index in [0.29, 0.717) is 44.0 Å². The largest absolute Gasteiger partial charge is 0.492 e. The molecule has 2 fully saturated rings. The summed E-state index contributed by atoms with van der Waals surface area (Å²) in [5.41, 5.74) is 1.44. The van der Waals surface area contributed by atoms with Crippen LogP contribution in [0.4, 0.5) is 10.5 Å². The van der Waals surface area contributed by atoms with Crippen LogP contribution in [0.25, 0.3) is 0 Å². The van der Waals surface area contributed by atoms with Crippen LogP contribution in [0.1, 0.15) is 45.2 Å². The fourth-order valence-electron chi connectivity index (χ4n) is 4.98. The van der Waals surface area contributed by atoms with Crippen LogP contribution in [0.5, 0.6) is 5.75 Å². The number of benzene rings is 2. The van der Waals surface area contributed by atoms with Gasteiger partial charge in [-0.1, -0.05) is 42.5 Å². The molecule has 0 radical (unpaired) electrons. The number of carbonyl (C=O) groups is 2. The smallest absolute Gasteiger partial charge is 0.321 e. The van der Waals surface area contributed by atoms with Gasteiger partial charge in [0.1, 0.15) is 5.75 Å². The van der Waals surface area contributed by atoms with Crippen LogP contribution in [0.3, 0.4) is 0 Å². The number of nitrogens with one attached hydrogen (secondary N) is 1. The van der Waals surface area contributed by atoms with Gasteiger partial charge in [-0.15, -0.1) is 0 Å².